The fourth-order valence-corrected chi connectivity index (χ4v) is 10.5. The van der Waals surface area contributed by atoms with Crippen LogP contribution in [-0.2, 0) is 37.6 Å². The molecule has 3 aromatic rings. The number of methoxy groups -OCH3 is 1. The van der Waals surface area contributed by atoms with Gasteiger partial charge in [-0.2, -0.15) is 9.46 Å². The van der Waals surface area contributed by atoms with E-state index in [-0.39, 0.29) is 35.2 Å². The van der Waals surface area contributed by atoms with E-state index in [0.717, 1.165) is 55.9 Å². The topological polar surface area (TPSA) is 103 Å². The summed E-state index contributed by atoms with van der Waals surface area (Å²) in [5.41, 5.74) is 3.48. The number of carbonyl (C=O) groups is 2. The number of anilines is 1. The van der Waals surface area contributed by atoms with Crippen LogP contribution in [0.4, 0.5) is 5.69 Å². The number of ether oxygens (including phenoxy) is 2. The summed E-state index contributed by atoms with van der Waals surface area (Å²) in [6.45, 7) is 2.34. The lowest BCUT2D eigenvalue weighted by atomic mass is 9.68. The number of allylic oxidation sites excluding steroid dienone is 1. The Kier molecular flexibility index (Phi) is 10.4. The van der Waals surface area contributed by atoms with Crippen molar-refractivity contribution >= 4 is 50.3 Å². The summed E-state index contributed by atoms with van der Waals surface area (Å²) in [6.07, 6.45) is 13.8. The van der Waals surface area contributed by atoms with E-state index in [2.05, 4.69) is 38.6 Å². The third-order valence-corrected chi connectivity index (χ3v) is 13.6. The first-order chi connectivity index (χ1) is 24.1. The van der Waals surface area contributed by atoms with Gasteiger partial charge < -0.3 is 14.4 Å². The standard InChI is InChI=1S/C38H44Cl2N4O5S/c1-48-35-7-3-2-4-17-50(47,23-31(45)14-16-44-22-30(40)20-41-44)42-37(46)27-9-13-36-34(19-27)43(21-28-8-11-32(28)35)24-38(25-49-36)15-5-6-26-18-29(39)10-12-33(26)38/h3,7,9-10,12-13,18-20,22,28,32,35H,2,4-6,8,11,14-17,21,23-25H2,1H3/b7-3+/t28-,32+,35-,38-,50+/m0/s1. The Hall–Kier alpha value is -3.18. The van der Waals surface area contributed by atoms with Crippen molar-refractivity contribution < 1.29 is 23.3 Å². The molecule has 266 valence electrons. The third-order valence-electron chi connectivity index (χ3n) is 10.9. The van der Waals surface area contributed by atoms with E-state index in [1.165, 1.54) is 17.3 Å². The van der Waals surface area contributed by atoms with E-state index in [1.54, 1.807) is 24.1 Å². The maximum atomic E-state index is 14.3. The second kappa shape index (κ2) is 14.8. The second-order valence-electron chi connectivity index (χ2n) is 14.3. The minimum Gasteiger partial charge on any atom is -0.490 e. The molecule has 3 heterocycles. The van der Waals surface area contributed by atoms with Gasteiger partial charge in [0.2, 0.25) is 0 Å². The molecule has 0 radical (unpaired) electrons. The molecule has 50 heavy (non-hydrogen) atoms. The van der Waals surface area contributed by atoms with Gasteiger partial charge in [0.1, 0.15) is 11.5 Å². The first kappa shape index (κ1) is 35.2. The summed E-state index contributed by atoms with van der Waals surface area (Å²) in [4.78, 5) is 29.4. The molecule has 1 spiro atoms. The van der Waals surface area contributed by atoms with Crippen LogP contribution in [0.2, 0.25) is 10.0 Å². The molecule has 5 atom stereocenters. The van der Waals surface area contributed by atoms with E-state index < -0.39 is 15.6 Å². The van der Waals surface area contributed by atoms with Crippen molar-refractivity contribution in [3.63, 3.8) is 0 Å². The number of rotatable bonds is 6. The molecule has 2 bridgehead atoms. The van der Waals surface area contributed by atoms with Crippen molar-refractivity contribution in [2.45, 2.75) is 69.4 Å². The zero-order valence-corrected chi connectivity index (χ0v) is 30.7. The zero-order valence-electron chi connectivity index (χ0n) is 28.4. The number of nitrogens with zero attached hydrogens (tertiary/aromatic N) is 4. The molecule has 1 amide bonds. The van der Waals surface area contributed by atoms with Crippen LogP contribution in [0.25, 0.3) is 0 Å². The average molecular weight is 740 g/mol. The quantitative estimate of drug-likeness (QED) is 0.244. The molecule has 1 aromatic heterocycles. The first-order valence-corrected chi connectivity index (χ1v) is 20.2. The smallest absolute Gasteiger partial charge is 0.285 e. The Morgan fingerprint density at radius 1 is 1.14 bits per heavy atom. The largest absolute Gasteiger partial charge is 0.490 e. The molecule has 0 unspecified atom stereocenters. The number of hydrogen-bond acceptors (Lipinski definition) is 7. The molecular formula is C38H44Cl2N4O5S. The molecule has 2 aliphatic heterocycles. The number of aromatic nitrogens is 2. The summed E-state index contributed by atoms with van der Waals surface area (Å²) in [7, 11) is -1.43. The van der Waals surface area contributed by atoms with Crippen molar-refractivity contribution in [3.8, 4) is 5.75 Å². The van der Waals surface area contributed by atoms with E-state index >= 15 is 0 Å². The molecule has 12 heteroatoms. The van der Waals surface area contributed by atoms with Gasteiger partial charge in [-0.1, -0.05) is 41.4 Å². The monoisotopic (exact) mass is 738 g/mol. The van der Waals surface area contributed by atoms with Gasteiger partial charge in [0.25, 0.3) is 5.91 Å². The van der Waals surface area contributed by atoms with Gasteiger partial charge in [0.15, 0.2) is 0 Å². The molecule has 1 fully saturated rings. The number of fused-ring (bicyclic) bond motifs is 4. The van der Waals surface area contributed by atoms with Gasteiger partial charge in [0, 0.05) is 61.1 Å². The highest BCUT2D eigenvalue weighted by atomic mass is 35.5. The highest BCUT2D eigenvalue weighted by molar-refractivity contribution is 7.94. The Morgan fingerprint density at radius 3 is 2.80 bits per heavy atom. The minimum atomic E-state index is -3.19. The van der Waals surface area contributed by atoms with Crippen LogP contribution in [0.5, 0.6) is 5.75 Å². The molecule has 2 aliphatic carbocycles. The van der Waals surface area contributed by atoms with Crippen LogP contribution in [0.3, 0.4) is 0 Å². The van der Waals surface area contributed by atoms with Crippen molar-refractivity contribution in [3.05, 3.63) is 87.7 Å². The number of carbonyl (C=O) groups excluding carboxylic acids is 2. The number of aryl methyl sites for hydroxylation is 2. The number of benzene rings is 2. The van der Waals surface area contributed by atoms with Gasteiger partial charge in [-0.05, 0) is 98.2 Å². The fraction of sp³-hybridized carbons (Fsp3) is 0.500. The summed E-state index contributed by atoms with van der Waals surface area (Å²) in [5, 5.41) is 5.35. The van der Waals surface area contributed by atoms with Crippen LogP contribution in [-0.4, -0.2) is 70.1 Å². The fourth-order valence-electron chi connectivity index (χ4n) is 8.21. The lowest BCUT2D eigenvalue weighted by Gasteiger charge is -2.46. The summed E-state index contributed by atoms with van der Waals surface area (Å²) in [5.74, 6) is 0.502. The van der Waals surface area contributed by atoms with Crippen LogP contribution in [0.15, 0.2) is 65.3 Å². The van der Waals surface area contributed by atoms with Crippen LogP contribution < -0.4 is 9.64 Å². The minimum absolute atomic E-state index is 0.0322. The lowest BCUT2D eigenvalue weighted by molar-refractivity contribution is -0.116. The lowest BCUT2D eigenvalue weighted by Crippen LogP contribution is -2.49. The molecule has 4 aliphatic rings. The van der Waals surface area contributed by atoms with E-state index in [1.807, 2.05) is 18.2 Å². The molecule has 9 nitrogen and oxygen atoms in total. The van der Waals surface area contributed by atoms with Crippen LogP contribution in [0.1, 0.15) is 66.4 Å². The molecule has 2 aromatic carbocycles. The molecule has 0 N–H and O–H groups in total. The predicted octanol–water partition coefficient (Wildman–Crippen LogP) is 7.32. The van der Waals surface area contributed by atoms with Crippen LogP contribution in [0, 0.1) is 11.8 Å². The highest BCUT2D eigenvalue weighted by Gasteiger charge is 2.44. The van der Waals surface area contributed by atoms with Crippen molar-refractivity contribution in [2.75, 3.05) is 43.2 Å². The Bertz CT molecular complexity index is 1920. The highest BCUT2D eigenvalue weighted by Crippen LogP contribution is 2.47. The second-order valence-corrected chi connectivity index (χ2v) is 17.6. The maximum Gasteiger partial charge on any atom is 0.285 e. The van der Waals surface area contributed by atoms with Gasteiger partial charge in [0.05, 0.1) is 45.1 Å². The van der Waals surface area contributed by atoms with Crippen molar-refractivity contribution in [1.82, 2.24) is 9.78 Å². The molecule has 7 rings (SSSR count). The van der Waals surface area contributed by atoms with E-state index in [0.29, 0.717) is 54.2 Å². The van der Waals surface area contributed by atoms with E-state index in [9.17, 15) is 13.8 Å². The normalized spacial score (nSPS) is 28.7. The number of amides is 1. The van der Waals surface area contributed by atoms with Crippen molar-refractivity contribution in [2.24, 2.45) is 16.2 Å². The SMILES string of the molecule is CO[C@H]1/C=C/CCC[S@@](=O)(CC(=O)CCn2cc(Cl)cn2)=NC(=O)c2ccc3c(c2)N(C[C@@H]2CC[C@H]21)C[C@@]1(CCCc2cc(Cl)ccc21)CO3. The summed E-state index contributed by atoms with van der Waals surface area (Å²) in [6, 6.07) is 11.6. The molecule has 1 saturated carbocycles. The summed E-state index contributed by atoms with van der Waals surface area (Å²) < 4.78 is 32.9. The van der Waals surface area contributed by atoms with Crippen molar-refractivity contribution in [1.29, 1.82) is 0 Å². The number of ketones is 1. The third kappa shape index (κ3) is 7.54. The number of Topliss-reactive ketones (excluding diaryl/α,β-unsaturated/α-hetero) is 1. The first-order valence-electron chi connectivity index (χ1n) is 17.6. The predicted molar refractivity (Wildman–Crippen MR) is 197 cm³/mol. The zero-order chi connectivity index (χ0) is 34.9. The number of halogens is 2. The number of hydrogen-bond donors (Lipinski definition) is 0. The van der Waals surface area contributed by atoms with Gasteiger partial charge in [-0.3, -0.25) is 14.3 Å². The van der Waals surface area contributed by atoms with Gasteiger partial charge >= 0.3 is 0 Å². The Balaban J connectivity index is 1.24. The molecular weight excluding hydrogens is 695 g/mol. The molecule has 0 saturated heterocycles. The maximum absolute atomic E-state index is 14.3. The Labute approximate surface area is 304 Å². The van der Waals surface area contributed by atoms with E-state index in [4.69, 9.17) is 32.7 Å². The summed E-state index contributed by atoms with van der Waals surface area (Å²) >= 11 is 12.4. The van der Waals surface area contributed by atoms with Crippen LogP contribution >= 0.6 is 23.2 Å². The van der Waals surface area contributed by atoms with Gasteiger partial charge in [-0.15, -0.1) is 0 Å². The average Bonchev–Trinajstić information content (AvgIpc) is 3.44. The van der Waals surface area contributed by atoms with Gasteiger partial charge in [-0.25, -0.2) is 4.21 Å². The Morgan fingerprint density at radius 2 is 2.02 bits per heavy atom.